The lowest BCUT2D eigenvalue weighted by Crippen LogP contribution is -2.35. The standard InChI is InChI=1S/C13H12BrNO3S2/c14-12-4-6-19-13(12)20(17,18)15-5-3-9-1-2-11(16)7-10(9)8-15/h1-2,4,6-7,16H,3,5,8H2. The minimum Gasteiger partial charge on any atom is -0.508 e. The third-order valence-corrected chi connectivity index (χ3v) is 7.82. The number of fused-ring (bicyclic) bond motifs is 1. The van der Waals surface area contributed by atoms with E-state index in [1.165, 1.54) is 15.6 Å². The molecule has 0 saturated heterocycles. The Morgan fingerprint density at radius 2 is 2.05 bits per heavy atom. The number of sulfonamides is 1. The van der Waals surface area contributed by atoms with Gasteiger partial charge in [0.05, 0.1) is 0 Å². The quantitative estimate of drug-likeness (QED) is 0.880. The van der Waals surface area contributed by atoms with Crippen molar-refractivity contribution < 1.29 is 13.5 Å². The van der Waals surface area contributed by atoms with Crippen LogP contribution in [-0.2, 0) is 23.0 Å². The van der Waals surface area contributed by atoms with Crippen molar-refractivity contribution in [3.8, 4) is 5.75 Å². The van der Waals surface area contributed by atoms with Crippen molar-refractivity contribution in [2.45, 2.75) is 17.2 Å². The highest BCUT2D eigenvalue weighted by atomic mass is 79.9. The van der Waals surface area contributed by atoms with E-state index >= 15 is 0 Å². The van der Waals surface area contributed by atoms with Crippen LogP contribution < -0.4 is 0 Å². The zero-order chi connectivity index (χ0) is 14.3. The fourth-order valence-corrected chi connectivity index (χ4v) is 6.17. The summed E-state index contributed by atoms with van der Waals surface area (Å²) in [7, 11) is -3.48. The maximum absolute atomic E-state index is 12.6. The van der Waals surface area contributed by atoms with E-state index in [0.29, 0.717) is 28.2 Å². The number of hydrogen-bond donors (Lipinski definition) is 1. The SMILES string of the molecule is O=S(=O)(c1sccc1Br)N1CCc2ccc(O)cc2C1. The summed E-state index contributed by atoms with van der Waals surface area (Å²) in [5.41, 5.74) is 1.96. The lowest BCUT2D eigenvalue weighted by atomic mass is 10.0. The van der Waals surface area contributed by atoms with Crippen molar-refractivity contribution >= 4 is 37.3 Å². The maximum atomic E-state index is 12.6. The van der Waals surface area contributed by atoms with Gasteiger partial charge in [-0.1, -0.05) is 6.07 Å². The van der Waals surface area contributed by atoms with E-state index in [-0.39, 0.29) is 5.75 Å². The molecule has 3 rings (SSSR count). The summed E-state index contributed by atoms with van der Waals surface area (Å²) in [6.45, 7) is 0.765. The van der Waals surface area contributed by atoms with Gasteiger partial charge < -0.3 is 5.11 Å². The molecule has 1 aromatic heterocycles. The van der Waals surface area contributed by atoms with Crippen LogP contribution in [0.4, 0.5) is 0 Å². The Morgan fingerprint density at radius 1 is 1.25 bits per heavy atom. The number of thiophene rings is 1. The minimum absolute atomic E-state index is 0.167. The van der Waals surface area contributed by atoms with E-state index in [9.17, 15) is 13.5 Å². The average molecular weight is 374 g/mol. The lowest BCUT2D eigenvalue weighted by Gasteiger charge is -2.27. The third kappa shape index (κ3) is 2.39. The molecule has 0 atom stereocenters. The first-order chi connectivity index (χ1) is 9.48. The monoisotopic (exact) mass is 373 g/mol. The van der Waals surface area contributed by atoms with E-state index in [2.05, 4.69) is 15.9 Å². The van der Waals surface area contributed by atoms with Gasteiger partial charge in [-0.25, -0.2) is 8.42 Å². The Kier molecular flexibility index (Phi) is 3.62. The van der Waals surface area contributed by atoms with Crippen molar-refractivity contribution in [2.24, 2.45) is 0 Å². The highest BCUT2D eigenvalue weighted by Gasteiger charge is 2.30. The minimum atomic E-state index is -3.48. The van der Waals surface area contributed by atoms with Gasteiger partial charge in [-0.15, -0.1) is 11.3 Å². The molecule has 1 aromatic carbocycles. The summed E-state index contributed by atoms with van der Waals surface area (Å²) < 4.78 is 27.6. The second-order valence-corrected chi connectivity index (χ2v) is 8.50. The fourth-order valence-electron chi connectivity index (χ4n) is 2.30. The largest absolute Gasteiger partial charge is 0.508 e. The number of nitrogens with zero attached hydrogens (tertiary/aromatic N) is 1. The van der Waals surface area contributed by atoms with Crippen LogP contribution in [0.3, 0.4) is 0 Å². The van der Waals surface area contributed by atoms with Crippen LogP contribution in [-0.4, -0.2) is 24.4 Å². The first kappa shape index (κ1) is 14.1. The first-order valence-corrected chi connectivity index (χ1v) is 9.13. The molecule has 0 bridgehead atoms. The van der Waals surface area contributed by atoms with Gasteiger partial charge in [0.15, 0.2) is 0 Å². The van der Waals surface area contributed by atoms with Crippen LogP contribution in [0.1, 0.15) is 11.1 Å². The van der Waals surface area contributed by atoms with Gasteiger partial charge >= 0.3 is 0 Å². The van der Waals surface area contributed by atoms with E-state index in [1.54, 1.807) is 23.6 Å². The molecule has 0 unspecified atom stereocenters. The number of halogens is 1. The maximum Gasteiger partial charge on any atom is 0.254 e. The summed E-state index contributed by atoms with van der Waals surface area (Å²) in [6.07, 6.45) is 0.665. The number of aromatic hydroxyl groups is 1. The lowest BCUT2D eigenvalue weighted by molar-refractivity contribution is 0.390. The Hall–Kier alpha value is -0.890. The fraction of sp³-hybridized carbons (Fsp3) is 0.231. The first-order valence-electron chi connectivity index (χ1n) is 6.02. The predicted octanol–water partition coefficient (Wildman–Crippen LogP) is 2.96. The van der Waals surface area contributed by atoms with Crippen LogP contribution in [0.5, 0.6) is 5.75 Å². The Labute approximate surface area is 129 Å². The van der Waals surface area contributed by atoms with Gasteiger partial charge in [0, 0.05) is 17.6 Å². The highest BCUT2D eigenvalue weighted by Crippen LogP contribution is 2.33. The molecule has 20 heavy (non-hydrogen) atoms. The summed E-state index contributed by atoms with van der Waals surface area (Å²) >= 11 is 4.49. The molecule has 0 spiro atoms. The van der Waals surface area contributed by atoms with Crippen molar-refractivity contribution in [3.63, 3.8) is 0 Å². The molecule has 0 aliphatic carbocycles. The van der Waals surface area contributed by atoms with Gasteiger partial charge in [-0.05, 0) is 57.1 Å². The summed E-state index contributed by atoms with van der Waals surface area (Å²) in [4.78, 5) is 0. The third-order valence-electron chi connectivity index (χ3n) is 3.33. The van der Waals surface area contributed by atoms with Gasteiger partial charge in [-0.3, -0.25) is 0 Å². The number of benzene rings is 1. The second-order valence-electron chi connectivity index (χ2n) is 4.60. The molecule has 2 heterocycles. The molecule has 1 N–H and O–H groups in total. The van der Waals surface area contributed by atoms with Crippen molar-refractivity contribution in [3.05, 3.63) is 45.2 Å². The van der Waals surface area contributed by atoms with E-state index < -0.39 is 10.0 Å². The van der Waals surface area contributed by atoms with Gasteiger partial charge in [0.2, 0.25) is 0 Å². The summed E-state index contributed by atoms with van der Waals surface area (Å²) in [5, 5.41) is 11.3. The molecule has 7 heteroatoms. The molecule has 0 radical (unpaired) electrons. The molecule has 1 aliphatic heterocycles. The summed E-state index contributed by atoms with van der Waals surface area (Å²) in [5.74, 6) is 0.167. The molecular weight excluding hydrogens is 362 g/mol. The van der Waals surface area contributed by atoms with Crippen molar-refractivity contribution in [1.29, 1.82) is 0 Å². The Balaban J connectivity index is 1.96. The smallest absolute Gasteiger partial charge is 0.254 e. The van der Waals surface area contributed by atoms with Crippen LogP contribution in [0.15, 0.2) is 38.3 Å². The molecule has 2 aromatic rings. The van der Waals surface area contributed by atoms with Crippen molar-refractivity contribution in [1.82, 2.24) is 4.31 Å². The number of hydrogen-bond acceptors (Lipinski definition) is 4. The van der Waals surface area contributed by atoms with Gasteiger partial charge in [0.1, 0.15) is 9.96 Å². The zero-order valence-corrected chi connectivity index (χ0v) is 13.6. The molecule has 0 amide bonds. The zero-order valence-electron chi connectivity index (χ0n) is 10.4. The molecule has 106 valence electrons. The van der Waals surface area contributed by atoms with E-state index in [0.717, 1.165) is 11.1 Å². The Morgan fingerprint density at radius 3 is 2.75 bits per heavy atom. The van der Waals surface area contributed by atoms with Crippen LogP contribution in [0, 0.1) is 0 Å². The number of phenols is 1. The molecule has 0 fully saturated rings. The number of phenolic OH excluding ortho intramolecular Hbond substituents is 1. The van der Waals surface area contributed by atoms with E-state index in [4.69, 9.17) is 0 Å². The van der Waals surface area contributed by atoms with Crippen LogP contribution in [0.2, 0.25) is 0 Å². The molecule has 4 nitrogen and oxygen atoms in total. The van der Waals surface area contributed by atoms with Gasteiger partial charge in [0.25, 0.3) is 10.0 Å². The van der Waals surface area contributed by atoms with Crippen LogP contribution in [0.25, 0.3) is 0 Å². The molecular formula is C13H12BrNO3S2. The van der Waals surface area contributed by atoms with E-state index in [1.807, 2.05) is 6.07 Å². The molecule has 0 saturated carbocycles. The average Bonchev–Trinajstić information content (AvgIpc) is 2.84. The van der Waals surface area contributed by atoms with Crippen LogP contribution >= 0.6 is 27.3 Å². The highest BCUT2D eigenvalue weighted by molar-refractivity contribution is 9.10. The normalized spacial score (nSPS) is 16.1. The second kappa shape index (κ2) is 5.14. The Bertz CT molecular complexity index is 755. The predicted molar refractivity (Wildman–Crippen MR) is 81.4 cm³/mol. The summed E-state index contributed by atoms with van der Waals surface area (Å²) in [6, 6.07) is 6.87. The number of rotatable bonds is 2. The topological polar surface area (TPSA) is 57.6 Å². The van der Waals surface area contributed by atoms with Crippen molar-refractivity contribution in [2.75, 3.05) is 6.54 Å². The van der Waals surface area contributed by atoms with Gasteiger partial charge in [-0.2, -0.15) is 4.31 Å². The molecule has 1 aliphatic rings.